The largest absolute Gasteiger partial charge is 0.365 e. The van der Waals surface area contributed by atoms with E-state index in [1.807, 2.05) is 10.9 Å². The zero-order chi connectivity index (χ0) is 21.1. The summed E-state index contributed by atoms with van der Waals surface area (Å²) in [5.74, 6) is 2.22. The number of anilines is 2. The van der Waals surface area contributed by atoms with E-state index in [9.17, 15) is 9.18 Å². The van der Waals surface area contributed by atoms with Crippen LogP contribution in [-0.4, -0.2) is 38.7 Å². The fraction of sp³-hybridized carbons (Fsp3) is 0.286. The van der Waals surface area contributed by atoms with E-state index in [1.54, 1.807) is 34.3 Å². The second-order valence-corrected chi connectivity index (χ2v) is 7.93. The summed E-state index contributed by atoms with van der Waals surface area (Å²) >= 11 is 1.57. The standard InChI is InChI=1S/C21H21FN6OS/c1-2-14-7-8-27(9-17-12-30-13-24-17)11-19(14)28-10-18(20(23)29)21(26-28)25-16-5-3-15(22)4-6-16/h1,3-6,10,12-14,19H,7-9,11H2,(H2,23,29)(H,25,26)/t14-,19?/m1/s1. The van der Waals surface area contributed by atoms with Crippen molar-refractivity contribution in [3.63, 3.8) is 0 Å². The van der Waals surface area contributed by atoms with Crippen LogP contribution in [-0.2, 0) is 6.54 Å². The molecule has 0 spiro atoms. The molecule has 1 aliphatic heterocycles. The normalized spacial score (nSPS) is 19.3. The van der Waals surface area contributed by atoms with Gasteiger partial charge in [0.2, 0.25) is 0 Å². The Kier molecular flexibility index (Phi) is 5.79. The number of primary amides is 1. The summed E-state index contributed by atoms with van der Waals surface area (Å²) in [6.45, 7) is 2.29. The Morgan fingerprint density at radius 1 is 1.40 bits per heavy atom. The molecule has 3 heterocycles. The third-order valence-corrected chi connectivity index (χ3v) is 5.83. The predicted molar refractivity (Wildman–Crippen MR) is 114 cm³/mol. The van der Waals surface area contributed by atoms with Crippen LogP contribution in [0.1, 0.15) is 28.5 Å². The Labute approximate surface area is 177 Å². The van der Waals surface area contributed by atoms with Gasteiger partial charge in [-0.25, -0.2) is 9.37 Å². The molecule has 30 heavy (non-hydrogen) atoms. The first-order valence-corrected chi connectivity index (χ1v) is 10.4. The molecule has 0 bridgehead atoms. The second kappa shape index (κ2) is 8.65. The monoisotopic (exact) mass is 424 g/mol. The van der Waals surface area contributed by atoms with Gasteiger partial charge < -0.3 is 11.1 Å². The molecule has 0 aliphatic carbocycles. The number of hydrogen-bond donors (Lipinski definition) is 2. The van der Waals surface area contributed by atoms with Crippen molar-refractivity contribution < 1.29 is 9.18 Å². The van der Waals surface area contributed by atoms with E-state index in [0.717, 1.165) is 25.2 Å². The molecule has 3 aromatic rings. The number of aromatic nitrogens is 3. The number of carbonyl (C=O) groups is 1. The van der Waals surface area contributed by atoms with E-state index in [0.29, 0.717) is 18.1 Å². The van der Waals surface area contributed by atoms with E-state index in [4.69, 9.17) is 12.2 Å². The Bertz CT molecular complexity index is 1060. The summed E-state index contributed by atoms with van der Waals surface area (Å²) < 4.78 is 14.9. The molecule has 4 rings (SSSR count). The number of carbonyl (C=O) groups excluding carboxylic acids is 1. The number of nitrogens with one attached hydrogen (secondary N) is 1. The molecule has 0 radical (unpaired) electrons. The summed E-state index contributed by atoms with van der Waals surface area (Å²) in [5.41, 5.74) is 9.27. The fourth-order valence-electron chi connectivity index (χ4n) is 3.65. The van der Waals surface area contributed by atoms with Crippen LogP contribution in [0.3, 0.4) is 0 Å². The number of hydrogen-bond acceptors (Lipinski definition) is 6. The van der Waals surface area contributed by atoms with E-state index in [2.05, 4.69) is 26.2 Å². The van der Waals surface area contributed by atoms with Crippen LogP contribution in [0.4, 0.5) is 15.9 Å². The molecular weight excluding hydrogens is 403 g/mol. The highest BCUT2D eigenvalue weighted by atomic mass is 32.1. The van der Waals surface area contributed by atoms with Crippen LogP contribution in [0.25, 0.3) is 0 Å². The van der Waals surface area contributed by atoms with Crippen molar-refractivity contribution in [1.82, 2.24) is 19.7 Å². The Hall–Kier alpha value is -3.22. The van der Waals surface area contributed by atoms with Gasteiger partial charge in [-0.3, -0.25) is 14.4 Å². The molecule has 2 atom stereocenters. The number of terminal acetylenes is 1. The molecule has 1 unspecified atom stereocenters. The topological polar surface area (TPSA) is 89.1 Å². The van der Waals surface area contributed by atoms with Gasteiger partial charge in [0.1, 0.15) is 11.4 Å². The van der Waals surface area contributed by atoms with Gasteiger partial charge in [-0.05, 0) is 37.2 Å². The zero-order valence-corrected chi connectivity index (χ0v) is 17.0. The van der Waals surface area contributed by atoms with Crippen LogP contribution in [0.5, 0.6) is 0 Å². The molecular formula is C21H21FN6OS. The number of thiazole rings is 1. The minimum absolute atomic E-state index is 0.0176. The Balaban J connectivity index is 1.59. The molecule has 1 aromatic carbocycles. The van der Waals surface area contributed by atoms with E-state index < -0.39 is 5.91 Å². The smallest absolute Gasteiger partial charge is 0.254 e. The number of piperidine rings is 1. The number of nitrogens with two attached hydrogens (primary N) is 1. The number of halogens is 1. The number of nitrogens with zero attached hydrogens (tertiary/aromatic N) is 4. The van der Waals surface area contributed by atoms with Gasteiger partial charge >= 0.3 is 0 Å². The van der Waals surface area contributed by atoms with Crippen LogP contribution in [0.2, 0.25) is 0 Å². The van der Waals surface area contributed by atoms with Crippen LogP contribution in [0.15, 0.2) is 41.4 Å². The van der Waals surface area contributed by atoms with E-state index >= 15 is 0 Å². The van der Waals surface area contributed by atoms with Gasteiger partial charge in [0, 0.05) is 36.3 Å². The molecule has 3 N–H and O–H groups in total. The maximum Gasteiger partial charge on any atom is 0.254 e. The molecule has 1 aliphatic rings. The second-order valence-electron chi connectivity index (χ2n) is 7.21. The first kappa shape index (κ1) is 20.1. The number of amides is 1. The Morgan fingerprint density at radius 3 is 2.87 bits per heavy atom. The molecule has 1 fully saturated rings. The lowest BCUT2D eigenvalue weighted by molar-refractivity contribution is 0.1000. The van der Waals surface area contributed by atoms with Crippen molar-refractivity contribution >= 4 is 28.7 Å². The van der Waals surface area contributed by atoms with Crippen molar-refractivity contribution in [1.29, 1.82) is 0 Å². The van der Waals surface area contributed by atoms with Crippen molar-refractivity contribution in [3.8, 4) is 12.3 Å². The van der Waals surface area contributed by atoms with Crippen molar-refractivity contribution in [2.24, 2.45) is 11.7 Å². The van der Waals surface area contributed by atoms with Gasteiger partial charge in [0.25, 0.3) is 5.91 Å². The third kappa shape index (κ3) is 4.35. The molecule has 2 aromatic heterocycles. The quantitative estimate of drug-likeness (QED) is 0.594. The average Bonchev–Trinajstić information content (AvgIpc) is 3.40. The number of rotatable bonds is 6. The van der Waals surface area contributed by atoms with Crippen molar-refractivity contribution in [3.05, 3.63) is 58.4 Å². The molecule has 1 amide bonds. The van der Waals surface area contributed by atoms with Gasteiger partial charge in [0.05, 0.1) is 17.2 Å². The lowest BCUT2D eigenvalue weighted by atomic mass is 9.92. The first-order chi connectivity index (χ1) is 14.5. The fourth-order valence-corrected chi connectivity index (χ4v) is 4.20. The van der Waals surface area contributed by atoms with E-state index in [1.165, 1.54) is 12.1 Å². The third-order valence-electron chi connectivity index (χ3n) is 5.19. The van der Waals surface area contributed by atoms with Gasteiger partial charge in [0.15, 0.2) is 5.82 Å². The lowest BCUT2D eigenvalue weighted by Gasteiger charge is -2.36. The highest BCUT2D eigenvalue weighted by Gasteiger charge is 2.31. The molecule has 154 valence electrons. The van der Waals surface area contributed by atoms with E-state index in [-0.39, 0.29) is 23.3 Å². The summed E-state index contributed by atoms with van der Waals surface area (Å²) in [5, 5.41) is 9.66. The summed E-state index contributed by atoms with van der Waals surface area (Å²) in [6, 6.07) is 5.69. The summed E-state index contributed by atoms with van der Waals surface area (Å²) in [6.07, 6.45) is 8.24. The van der Waals surface area contributed by atoms with Crippen molar-refractivity contribution in [2.45, 2.75) is 19.0 Å². The average molecular weight is 425 g/mol. The van der Waals surface area contributed by atoms with Gasteiger partial charge in [-0.2, -0.15) is 5.10 Å². The maximum atomic E-state index is 13.2. The van der Waals surface area contributed by atoms with Gasteiger partial charge in [-0.15, -0.1) is 23.7 Å². The maximum absolute atomic E-state index is 13.2. The minimum Gasteiger partial charge on any atom is -0.365 e. The minimum atomic E-state index is -0.599. The number of likely N-dealkylation sites (tertiary alicyclic amines) is 1. The SMILES string of the molecule is C#C[C@@H]1CCN(Cc2cscn2)CC1n1cc(C(N)=O)c(Nc2ccc(F)cc2)n1. The highest BCUT2D eigenvalue weighted by molar-refractivity contribution is 7.07. The first-order valence-electron chi connectivity index (χ1n) is 9.50. The molecule has 7 nitrogen and oxygen atoms in total. The number of benzene rings is 1. The lowest BCUT2D eigenvalue weighted by Crippen LogP contribution is -2.41. The molecule has 0 saturated carbocycles. The highest BCUT2D eigenvalue weighted by Crippen LogP contribution is 2.30. The zero-order valence-electron chi connectivity index (χ0n) is 16.2. The Morgan fingerprint density at radius 2 is 2.20 bits per heavy atom. The summed E-state index contributed by atoms with van der Waals surface area (Å²) in [7, 11) is 0. The molecule has 9 heteroatoms. The summed E-state index contributed by atoms with van der Waals surface area (Å²) in [4.78, 5) is 18.6. The van der Waals surface area contributed by atoms with Crippen LogP contribution in [0, 0.1) is 24.1 Å². The van der Waals surface area contributed by atoms with Crippen LogP contribution >= 0.6 is 11.3 Å². The van der Waals surface area contributed by atoms with Gasteiger partial charge in [-0.1, -0.05) is 0 Å². The van der Waals surface area contributed by atoms with Crippen LogP contribution < -0.4 is 11.1 Å². The molecule has 1 saturated heterocycles. The predicted octanol–water partition coefficient (Wildman–Crippen LogP) is 3.02. The van der Waals surface area contributed by atoms with Crippen molar-refractivity contribution in [2.75, 3.05) is 18.4 Å².